The van der Waals surface area contributed by atoms with Crippen LogP contribution in [0.4, 0.5) is 0 Å². The number of nitrogens with zero attached hydrogens (tertiary/aromatic N) is 2. The van der Waals surface area contributed by atoms with Gasteiger partial charge < -0.3 is 4.90 Å². The molecule has 1 aliphatic heterocycles. The van der Waals surface area contributed by atoms with Crippen LogP contribution in [0.1, 0.15) is 38.5 Å². The number of amides is 1. The topological polar surface area (TPSA) is 33.2 Å². The summed E-state index contributed by atoms with van der Waals surface area (Å²) in [5.74, 6) is 2.45. The molecule has 0 aliphatic carbocycles. The van der Waals surface area contributed by atoms with Crippen LogP contribution in [0.25, 0.3) is 10.2 Å². The predicted molar refractivity (Wildman–Crippen MR) is 114 cm³/mol. The maximum atomic E-state index is 12.9. The van der Waals surface area contributed by atoms with E-state index < -0.39 is 0 Å². The monoisotopic (exact) mass is 400 g/mol. The molecule has 0 spiro atoms. The summed E-state index contributed by atoms with van der Waals surface area (Å²) in [5.41, 5.74) is 3.03. The van der Waals surface area contributed by atoms with Crippen LogP contribution in [-0.4, -0.2) is 34.3 Å². The van der Waals surface area contributed by atoms with Crippen molar-refractivity contribution in [2.45, 2.75) is 17.5 Å². The highest BCUT2D eigenvalue weighted by Gasteiger charge is 2.23. The molecule has 2 heterocycles. The third-order valence-electron chi connectivity index (χ3n) is 4.62. The van der Waals surface area contributed by atoms with E-state index >= 15 is 0 Å². The second-order valence-electron chi connectivity index (χ2n) is 6.31. The molecule has 1 atom stereocenters. The maximum absolute atomic E-state index is 12.9. The fourth-order valence-corrected chi connectivity index (χ4v) is 6.87. The number of aromatic nitrogens is 1. The Labute approximate surface area is 166 Å². The van der Waals surface area contributed by atoms with Crippen molar-refractivity contribution >= 4 is 51.0 Å². The minimum Gasteiger partial charge on any atom is -0.333 e. The molecule has 2 aromatic carbocycles. The zero-order valence-corrected chi connectivity index (χ0v) is 17.2. The summed E-state index contributed by atoms with van der Waals surface area (Å²) in [6.45, 7) is 2.04. The maximum Gasteiger partial charge on any atom is 0.254 e. The van der Waals surface area contributed by atoms with E-state index in [1.165, 1.54) is 17.1 Å². The van der Waals surface area contributed by atoms with Gasteiger partial charge in [0.15, 0.2) is 0 Å². The first-order chi connectivity index (χ1) is 12.6. The molecule has 1 aromatic heterocycles. The highest BCUT2D eigenvalue weighted by molar-refractivity contribution is 8.19. The Morgan fingerprint density at radius 2 is 1.81 bits per heavy atom. The van der Waals surface area contributed by atoms with Crippen molar-refractivity contribution in [3.8, 4) is 0 Å². The van der Waals surface area contributed by atoms with Crippen LogP contribution >= 0.6 is 34.9 Å². The zero-order valence-electron chi connectivity index (χ0n) is 14.7. The van der Waals surface area contributed by atoms with Gasteiger partial charge in [-0.25, -0.2) is 4.98 Å². The van der Waals surface area contributed by atoms with Gasteiger partial charge in [-0.2, -0.15) is 0 Å². The van der Waals surface area contributed by atoms with Crippen LogP contribution in [0.3, 0.4) is 0 Å². The van der Waals surface area contributed by atoms with Crippen molar-refractivity contribution in [1.82, 2.24) is 9.88 Å². The molecule has 3 nitrogen and oxygen atoms in total. The SMILES string of the molecule is CC(c1nc2ccccc2s1)N(C)C(=O)c1ccc(C2SCCS2)cc1. The highest BCUT2D eigenvalue weighted by Crippen LogP contribution is 2.45. The molecule has 1 saturated heterocycles. The molecule has 0 saturated carbocycles. The summed E-state index contributed by atoms with van der Waals surface area (Å²) in [4.78, 5) is 19.4. The normalized spacial score (nSPS) is 16.1. The molecule has 1 aliphatic rings. The summed E-state index contributed by atoms with van der Waals surface area (Å²) < 4.78 is 1.67. The Balaban J connectivity index is 1.51. The first kappa shape index (κ1) is 17.9. The van der Waals surface area contributed by atoms with E-state index in [1.807, 2.05) is 67.8 Å². The lowest BCUT2D eigenvalue weighted by Gasteiger charge is -2.23. The Morgan fingerprint density at radius 3 is 2.50 bits per heavy atom. The molecule has 6 heteroatoms. The van der Waals surface area contributed by atoms with Gasteiger partial charge in [0.05, 0.1) is 20.8 Å². The lowest BCUT2D eigenvalue weighted by molar-refractivity contribution is 0.0742. The van der Waals surface area contributed by atoms with Crippen molar-refractivity contribution < 1.29 is 4.79 Å². The summed E-state index contributed by atoms with van der Waals surface area (Å²) in [6, 6.07) is 16.2. The third-order valence-corrected chi connectivity index (χ3v) is 8.93. The average Bonchev–Trinajstić information content (AvgIpc) is 3.36. The number of benzene rings is 2. The molecule has 0 bridgehead atoms. The van der Waals surface area contributed by atoms with Gasteiger partial charge in [-0.05, 0) is 36.8 Å². The van der Waals surface area contributed by atoms with Gasteiger partial charge in [0.1, 0.15) is 5.01 Å². The summed E-state index contributed by atoms with van der Waals surface area (Å²) >= 11 is 5.62. The lowest BCUT2D eigenvalue weighted by Crippen LogP contribution is -2.29. The largest absolute Gasteiger partial charge is 0.333 e. The van der Waals surface area contributed by atoms with Gasteiger partial charge in [-0.15, -0.1) is 34.9 Å². The first-order valence-electron chi connectivity index (χ1n) is 8.59. The smallest absolute Gasteiger partial charge is 0.254 e. The summed E-state index contributed by atoms with van der Waals surface area (Å²) in [7, 11) is 1.86. The van der Waals surface area contributed by atoms with Crippen LogP contribution in [0.5, 0.6) is 0 Å². The van der Waals surface area contributed by atoms with Crippen LogP contribution in [0.2, 0.25) is 0 Å². The first-order valence-corrected chi connectivity index (χ1v) is 11.5. The Kier molecular flexibility index (Phi) is 5.25. The number of fused-ring (bicyclic) bond motifs is 1. The van der Waals surface area contributed by atoms with Gasteiger partial charge in [0.25, 0.3) is 5.91 Å². The summed E-state index contributed by atoms with van der Waals surface area (Å²) in [5, 5.41) is 0.970. The van der Waals surface area contributed by atoms with Crippen LogP contribution < -0.4 is 0 Å². The molecule has 3 aromatic rings. The zero-order chi connectivity index (χ0) is 18.1. The molecule has 1 fully saturated rings. The number of para-hydroxylation sites is 1. The molecule has 1 amide bonds. The fraction of sp³-hybridized carbons (Fsp3) is 0.300. The minimum absolute atomic E-state index is 0.0371. The Hall–Kier alpha value is -1.50. The molecule has 134 valence electrons. The second-order valence-corrected chi connectivity index (χ2v) is 10.1. The number of carbonyl (C=O) groups is 1. The highest BCUT2D eigenvalue weighted by atomic mass is 32.2. The molecule has 0 radical (unpaired) electrons. The third kappa shape index (κ3) is 3.50. The van der Waals surface area contributed by atoms with E-state index in [-0.39, 0.29) is 11.9 Å². The van der Waals surface area contributed by atoms with Gasteiger partial charge in [-0.1, -0.05) is 24.3 Å². The van der Waals surface area contributed by atoms with Crippen molar-refractivity contribution in [1.29, 1.82) is 0 Å². The number of carbonyl (C=O) groups excluding carboxylic acids is 1. The Morgan fingerprint density at radius 1 is 1.12 bits per heavy atom. The minimum atomic E-state index is -0.0551. The summed E-state index contributed by atoms with van der Waals surface area (Å²) in [6.07, 6.45) is 0. The number of hydrogen-bond donors (Lipinski definition) is 0. The van der Waals surface area contributed by atoms with Crippen molar-refractivity contribution in [2.24, 2.45) is 0 Å². The van der Waals surface area contributed by atoms with Crippen LogP contribution in [0.15, 0.2) is 48.5 Å². The molecule has 1 unspecified atom stereocenters. The molecule has 4 rings (SSSR count). The Bertz CT molecular complexity index is 883. The average molecular weight is 401 g/mol. The van der Waals surface area contributed by atoms with Crippen molar-refractivity contribution in [3.05, 3.63) is 64.7 Å². The van der Waals surface area contributed by atoms with E-state index in [9.17, 15) is 4.79 Å². The molecule has 26 heavy (non-hydrogen) atoms. The van der Waals surface area contributed by atoms with Gasteiger partial charge in [0.2, 0.25) is 0 Å². The second kappa shape index (κ2) is 7.62. The van der Waals surface area contributed by atoms with Gasteiger partial charge in [0, 0.05) is 24.1 Å². The number of rotatable bonds is 4. The van der Waals surface area contributed by atoms with E-state index in [0.29, 0.717) is 4.58 Å². The van der Waals surface area contributed by atoms with Gasteiger partial charge in [-0.3, -0.25) is 4.79 Å². The van der Waals surface area contributed by atoms with Crippen LogP contribution in [-0.2, 0) is 0 Å². The quantitative estimate of drug-likeness (QED) is 0.570. The van der Waals surface area contributed by atoms with Crippen molar-refractivity contribution in [2.75, 3.05) is 18.6 Å². The molecular weight excluding hydrogens is 380 g/mol. The standard InChI is InChI=1S/C20H20N2OS3/c1-13(18-21-16-5-3-4-6-17(16)26-18)22(2)19(23)14-7-9-15(10-8-14)20-24-11-12-25-20/h3-10,13,20H,11-12H2,1-2H3. The van der Waals surface area contributed by atoms with Crippen molar-refractivity contribution in [3.63, 3.8) is 0 Å². The van der Waals surface area contributed by atoms with Gasteiger partial charge >= 0.3 is 0 Å². The molecule has 0 N–H and O–H groups in total. The van der Waals surface area contributed by atoms with E-state index in [0.717, 1.165) is 20.8 Å². The number of thioether (sulfide) groups is 2. The van der Waals surface area contributed by atoms with E-state index in [4.69, 9.17) is 4.98 Å². The van der Waals surface area contributed by atoms with E-state index in [2.05, 4.69) is 18.2 Å². The fourth-order valence-electron chi connectivity index (χ4n) is 2.95. The van der Waals surface area contributed by atoms with E-state index in [1.54, 1.807) is 16.2 Å². The number of hydrogen-bond acceptors (Lipinski definition) is 5. The molecular formula is C20H20N2OS3. The van der Waals surface area contributed by atoms with Crippen LogP contribution in [0, 0.1) is 0 Å². The lowest BCUT2D eigenvalue weighted by atomic mass is 10.1. The predicted octanol–water partition coefficient (Wildman–Crippen LogP) is 5.61. The number of thiazole rings is 1.